The normalized spacial score (nSPS) is 11.7. The molecule has 5 aromatic rings. The molecule has 4 heterocycles. The van der Waals surface area contributed by atoms with Crippen LogP contribution in [0.4, 0.5) is 19.1 Å². The van der Waals surface area contributed by atoms with Crippen molar-refractivity contribution in [1.82, 2.24) is 24.7 Å². The molecule has 0 aliphatic rings. The monoisotopic (exact) mass is 484 g/mol. The van der Waals surface area contributed by atoms with Crippen molar-refractivity contribution in [3.63, 3.8) is 0 Å². The molecule has 0 bridgehead atoms. The molecule has 0 atom stereocenters. The lowest BCUT2D eigenvalue weighted by Gasteiger charge is -2.08. The molecule has 0 spiro atoms. The Hall–Kier alpha value is -4.68. The predicted octanol–water partition coefficient (Wildman–Crippen LogP) is 4.71. The summed E-state index contributed by atoms with van der Waals surface area (Å²) in [4.78, 5) is 20.5. The molecule has 5 rings (SSSR count). The molecule has 178 valence electrons. The van der Waals surface area contributed by atoms with Gasteiger partial charge in [-0.2, -0.15) is 22.7 Å². The first-order valence-corrected chi connectivity index (χ1v) is 10.2. The Bertz CT molecular complexity index is 1490. The summed E-state index contributed by atoms with van der Waals surface area (Å²) in [6.45, 7) is 2.40. The first kappa shape index (κ1) is 22.1. The van der Waals surface area contributed by atoms with Crippen molar-refractivity contribution in [2.75, 3.05) is 11.9 Å². The summed E-state index contributed by atoms with van der Waals surface area (Å²) < 4.78 is 57.0. The van der Waals surface area contributed by atoms with Crippen LogP contribution in [0.15, 0.2) is 63.7 Å². The van der Waals surface area contributed by atoms with Gasteiger partial charge in [-0.25, -0.2) is 4.98 Å². The summed E-state index contributed by atoms with van der Waals surface area (Å²) in [5, 5.41) is 9.97. The van der Waals surface area contributed by atoms with E-state index in [1.165, 1.54) is 24.5 Å². The fourth-order valence-electron chi connectivity index (χ4n) is 3.24. The Labute approximate surface area is 194 Å². The lowest BCUT2D eigenvalue weighted by molar-refractivity contribution is -0.142. The van der Waals surface area contributed by atoms with E-state index in [9.17, 15) is 18.0 Å². The zero-order valence-corrected chi connectivity index (χ0v) is 17.9. The van der Waals surface area contributed by atoms with E-state index in [4.69, 9.17) is 13.7 Å². The maximum absolute atomic E-state index is 13.6. The molecular formula is C22H15F3N6O4. The number of furan rings is 1. The van der Waals surface area contributed by atoms with Gasteiger partial charge in [0.25, 0.3) is 11.7 Å². The second-order valence-corrected chi connectivity index (χ2v) is 7.14. The molecule has 0 saturated carbocycles. The number of nitrogens with zero attached hydrogens (tertiary/aromatic N) is 5. The highest BCUT2D eigenvalue weighted by Crippen LogP contribution is 2.32. The SMILES string of the molecule is CCOc1ccc(-c2cc(NC(=O)c3nc4nc(-c5ccco5)cc(C(F)(F)F)n4n3)on2)cc1. The number of nitrogens with one attached hydrogen (secondary N) is 1. The minimum Gasteiger partial charge on any atom is -0.494 e. The smallest absolute Gasteiger partial charge is 0.433 e. The van der Waals surface area contributed by atoms with Gasteiger partial charge in [0, 0.05) is 11.6 Å². The fourth-order valence-corrected chi connectivity index (χ4v) is 3.24. The molecule has 0 radical (unpaired) electrons. The number of hydrogen-bond donors (Lipinski definition) is 1. The average molecular weight is 484 g/mol. The average Bonchev–Trinajstić information content (AvgIpc) is 3.59. The summed E-state index contributed by atoms with van der Waals surface area (Å²) in [6.07, 6.45) is -3.49. The van der Waals surface area contributed by atoms with Gasteiger partial charge in [0.15, 0.2) is 11.5 Å². The van der Waals surface area contributed by atoms with E-state index in [1.807, 2.05) is 6.92 Å². The lowest BCUT2D eigenvalue weighted by Crippen LogP contribution is -2.15. The van der Waals surface area contributed by atoms with Crippen molar-refractivity contribution in [1.29, 1.82) is 0 Å². The number of hydrogen-bond acceptors (Lipinski definition) is 8. The van der Waals surface area contributed by atoms with Gasteiger partial charge < -0.3 is 13.7 Å². The lowest BCUT2D eigenvalue weighted by atomic mass is 10.1. The van der Waals surface area contributed by atoms with E-state index in [2.05, 4.69) is 25.5 Å². The summed E-state index contributed by atoms with van der Waals surface area (Å²) in [7, 11) is 0. The summed E-state index contributed by atoms with van der Waals surface area (Å²) in [5.74, 6) is -1.12. The number of alkyl halides is 3. The van der Waals surface area contributed by atoms with Crippen molar-refractivity contribution in [3.8, 4) is 28.5 Å². The largest absolute Gasteiger partial charge is 0.494 e. The van der Waals surface area contributed by atoms with Crippen LogP contribution < -0.4 is 10.1 Å². The van der Waals surface area contributed by atoms with E-state index in [1.54, 1.807) is 24.3 Å². The van der Waals surface area contributed by atoms with Gasteiger partial charge in [0.1, 0.15) is 17.1 Å². The summed E-state index contributed by atoms with van der Waals surface area (Å²) in [6, 6.07) is 12.2. The van der Waals surface area contributed by atoms with Crippen LogP contribution >= 0.6 is 0 Å². The molecule has 4 aromatic heterocycles. The first-order valence-electron chi connectivity index (χ1n) is 10.2. The highest BCUT2D eigenvalue weighted by Gasteiger charge is 2.36. The topological polar surface area (TPSA) is 121 Å². The number of rotatable bonds is 6. The van der Waals surface area contributed by atoms with E-state index in [0.29, 0.717) is 28.1 Å². The third kappa shape index (κ3) is 4.43. The van der Waals surface area contributed by atoms with E-state index < -0.39 is 29.4 Å². The zero-order valence-electron chi connectivity index (χ0n) is 17.9. The second-order valence-electron chi connectivity index (χ2n) is 7.14. The number of aromatic nitrogens is 5. The van der Waals surface area contributed by atoms with Crippen molar-refractivity contribution >= 4 is 17.6 Å². The number of carbonyl (C=O) groups is 1. The Morgan fingerprint density at radius 1 is 1.11 bits per heavy atom. The van der Waals surface area contributed by atoms with Crippen LogP contribution in [0.25, 0.3) is 28.5 Å². The quantitative estimate of drug-likeness (QED) is 0.368. The van der Waals surface area contributed by atoms with Gasteiger partial charge in [0.2, 0.25) is 11.7 Å². The number of halogens is 3. The Morgan fingerprint density at radius 3 is 2.60 bits per heavy atom. The minimum atomic E-state index is -4.79. The summed E-state index contributed by atoms with van der Waals surface area (Å²) in [5.41, 5.74) is -0.147. The number of carbonyl (C=O) groups excluding carboxylic acids is 1. The van der Waals surface area contributed by atoms with Crippen LogP contribution in [-0.2, 0) is 6.18 Å². The fraction of sp³-hybridized carbons (Fsp3) is 0.136. The van der Waals surface area contributed by atoms with E-state index in [-0.39, 0.29) is 17.3 Å². The zero-order chi connectivity index (χ0) is 24.6. The van der Waals surface area contributed by atoms with Gasteiger partial charge in [-0.05, 0) is 49.4 Å². The standard InChI is InChI=1S/C22H15F3N6O4/c1-2-33-13-7-5-12(6-8-13)14-11-18(35-30-14)27-20(32)19-28-21-26-15(16-4-3-9-34-16)10-17(22(23,24)25)31(21)29-19/h3-11H,2H2,1H3,(H,27,32). The van der Waals surface area contributed by atoms with Gasteiger partial charge in [-0.1, -0.05) is 5.16 Å². The first-order chi connectivity index (χ1) is 16.8. The second kappa shape index (κ2) is 8.59. The Morgan fingerprint density at radius 2 is 1.91 bits per heavy atom. The van der Waals surface area contributed by atoms with E-state index >= 15 is 0 Å². The molecule has 0 aliphatic heterocycles. The molecule has 0 aliphatic carbocycles. The van der Waals surface area contributed by atoms with Crippen molar-refractivity contribution in [2.45, 2.75) is 13.1 Å². The minimum absolute atomic E-state index is 0.0435. The van der Waals surface area contributed by atoms with Crippen LogP contribution in [0.3, 0.4) is 0 Å². The van der Waals surface area contributed by atoms with Crippen LogP contribution in [0.1, 0.15) is 23.2 Å². The van der Waals surface area contributed by atoms with Crippen LogP contribution in [0.2, 0.25) is 0 Å². The Kier molecular flexibility index (Phi) is 5.43. The van der Waals surface area contributed by atoms with Gasteiger partial charge >= 0.3 is 6.18 Å². The molecule has 0 saturated heterocycles. The van der Waals surface area contributed by atoms with Crippen LogP contribution in [-0.4, -0.2) is 37.3 Å². The molecule has 35 heavy (non-hydrogen) atoms. The molecule has 1 aromatic carbocycles. The third-order valence-electron chi connectivity index (χ3n) is 4.79. The maximum Gasteiger partial charge on any atom is 0.433 e. The van der Waals surface area contributed by atoms with Crippen molar-refractivity contribution in [3.05, 3.63) is 66.3 Å². The van der Waals surface area contributed by atoms with Gasteiger partial charge in [0.05, 0.1) is 12.9 Å². The Balaban J connectivity index is 1.41. The van der Waals surface area contributed by atoms with E-state index in [0.717, 1.165) is 6.07 Å². The number of amides is 1. The predicted molar refractivity (Wildman–Crippen MR) is 115 cm³/mol. The molecule has 0 fully saturated rings. The number of ether oxygens (including phenoxy) is 1. The number of anilines is 1. The van der Waals surface area contributed by atoms with Crippen molar-refractivity contribution < 1.29 is 31.6 Å². The highest BCUT2D eigenvalue weighted by atomic mass is 19.4. The third-order valence-corrected chi connectivity index (χ3v) is 4.79. The van der Waals surface area contributed by atoms with Gasteiger partial charge in [-0.3, -0.25) is 10.1 Å². The molecular weight excluding hydrogens is 469 g/mol. The van der Waals surface area contributed by atoms with Crippen LogP contribution in [0, 0.1) is 0 Å². The summed E-state index contributed by atoms with van der Waals surface area (Å²) >= 11 is 0. The van der Waals surface area contributed by atoms with Crippen molar-refractivity contribution in [2.24, 2.45) is 0 Å². The van der Waals surface area contributed by atoms with Gasteiger partial charge in [-0.15, -0.1) is 5.10 Å². The van der Waals surface area contributed by atoms with Crippen LogP contribution in [0.5, 0.6) is 5.75 Å². The maximum atomic E-state index is 13.6. The molecule has 1 amide bonds. The molecule has 1 N–H and O–H groups in total. The number of fused-ring (bicyclic) bond motifs is 1. The number of benzene rings is 1. The molecule has 10 nitrogen and oxygen atoms in total. The molecule has 13 heteroatoms. The highest BCUT2D eigenvalue weighted by molar-refractivity contribution is 6.01. The molecule has 0 unspecified atom stereocenters.